The molecule has 3 aromatic carbocycles. The minimum atomic E-state index is -0.509. The highest BCUT2D eigenvalue weighted by molar-refractivity contribution is 5.77. The number of nitro groups is 1. The van der Waals surface area contributed by atoms with Crippen LogP contribution in [0.5, 0.6) is 5.75 Å². The van der Waals surface area contributed by atoms with Gasteiger partial charge >= 0.3 is 5.69 Å². The van der Waals surface area contributed by atoms with E-state index in [9.17, 15) is 14.9 Å². The van der Waals surface area contributed by atoms with Gasteiger partial charge in [-0.3, -0.25) is 14.9 Å². The summed E-state index contributed by atoms with van der Waals surface area (Å²) in [6.07, 6.45) is 0.727. The first-order chi connectivity index (χ1) is 14.5. The number of benzene rings is 3. The van der Waals surface area contributed by atoms with E-state index in [-0.39, 0.29) is 29.9 Å². The zero-order valence-corrected chi connectivity index (χ0v) is 16.8. The number of carbonyl (C=O) groups is 1. The molecule has 3 aromatic rings. The SMILES string of the molecule is Cc1ccc(OCC(=O)NCCC(c2ccccc2)c2ccccc2)c([N+](=O)[O-])c1. The second-order valence-corrected chi connectivity index (χ2v) is 7.03. The maximum Gasteiger partial charge on any atom is 0.311 e. The second kappa shape index (κ2) is 10.2. The first-order valence-corrected chi connectivity index (χ1v) is 9.79. The van der Waals surface area contributed by atoms with Crippen LogP contribution in [-0.4, -0.2) is 24.0 Å². The predicted molar refractivity (Wildman–Crippen MR) is 116 cm³/mol. The first kappa shape index (κ1) is 21.0. The van der Waals surface area contributed by atoms with Crippen molar-refractivity contribution in [2.45, 2.75) is 19.3 Å². The number of aryl methyl sites for hydroxylation is 1. The van der Waals surface area contributed by atoms with Crippen LogP contribution in [0.1, 0.15) is 29.0 Å². The van der Waals surface area contributed by atoms with Crippen molar-refractivity contribution < 1.29 is 14.5 Å². The maximum absolute atomic E-state index is 12.2. The Hall–Kier alpha value is -3.67. The van der Waals surface area contributed by atoms with Crippen LogP contribution in [0.4, 0.5) is 5.69 Å². The third-order valence-electron chi connectivity index (χ3n) is 4.83. The van der Waals surface area contributed by atoms with Crippen LogP contribution in [0, 0.1) is 17.0 Å². The van der Waals surface area contributed by atoms with Crippen LogP contribution in [-0.2, 0) is 4.79 Å². The Balaban J connectivity index is 1.57. The van der Waals surface area contributed by atoms with Crippen molar-refractivity contribution in [2.24, 2.45) is 0 Å². The Bertz CT molecular complexity index is 951. The van der Waals surface area contributed by atoms with Gasteiger partial charge in [0.25, 0.3) is 5.91 Å². The number of ether oxygens (including phenoxy) is 1. The molecule has 0 unspecified atom stereocenters. The zero-order chi connectivity index (χ0) is 21.3. The topological polar surface area (TPSA) is 81.5 Å². The summed E-state index contributed by atoms with van der Waals surface area (Å²) in [6, 6.07) is 25.0. The summed E-state index contributed by atoms with van der Waals surface area (Å²) < 4.78 is 5.39. The van der Waals surface area contributed by atoms with Gasteiger partial charge in [0.05, 0.1) is 4.92 Å². The summed E-state index contributed by atoms with van der Waals surface area (Å²) in [5.41, 5.74) is 2.98. The number of nitro benzene ring substituents is 1. The van der Waals surface area contributed by atoms with Crippen LogP contribution < -0.4 is 10.1 Å². The number of nitrogens with one attached hydrogen (secondary N) is 1. The molecule has 1 N–H and O–H groups in total. The van der Waals surface area contributed by atoms with Gasteiger partial charge < -0.3 is 10.1 Å². The first-order valence-electron chi connectivity index (χ1n) is 9.79. The van der Waals surface area contributed by atoms with E-state index >= 15 is 0 Å². The highest BCUT2D eigenvalue weighted by Crippen LogP contribution is 2.28. The summed E-state index contributed by atoms with van der Waals surface area (Å²) in [5, 5.41) is 14.0. The van der Waals surface area contributed by atoms with Gasteiger partial charge in [0.15, 0.2) is 12.4 Å². The molecule has 0 atom stereocenters. The number of hydrogen-bond donors (Lipinski definition) is 1. The van der Waals surface area contributed by atoms with Crippen molar-refractivity contribution in [1.29, 1.82) is 0 Å². The minimum Gasteiger partial charge on any atom is -0.477 e. The molecule has 0 spiro atoms. The van der Waals surface area contributed by atoms with E-state index in [0.29, 0.717) is 6.54 Å². The standard InChI is InChI=1S/C24H24N2O4/c1-18-12-13-23(22(16-18)26(28)29)30-17-24(27)25-15-14-21(19-8-4-2-5-9-19)20-10-6-3-7-11-20/h2-13,16,21H,14-15,17H2,1H3,(H,25,27). The minimum absolute atomic E-state index is 0.0900. The van der Waals surface area contributed by atoms with Gasteiger partial charge in [-0.1, -0.05) is 66.7 Å². The van der Waals surface area contributed by atoms with E-state index in [0.717, 1.165) is 12.0 Å². The Morgan fingerprint density at radius 2 is 1.60 bits per heavy atom. The molecule has 0 heterocycles. The second-order valence-electron chi connectivity index (χ2n) is 7.03. The van der Waals surface area contributed by atoms with E-state index in [1.807, 2.05) is 36.4 Å². The van der Waals surface area contributed by atoms with Crippen LogP contribution in [0.2, 0.25) is 0 Å². The monoisotopic (exact) mass is 404 g/mol. The largest absolute Gasteiger partial charge is 0.477 e. The normalized spacial score (nSPS) is 10.6. The van der Waals surface area contributed by atoms with E-state index in [2.05, 4.69) is 29.6 Å². The number of carbonyl (C=O) groups excluding carboxylic acids is 1. The van der Waals surface area contributed by atoms with Gasteiger partial charge in [0.1, 0.15) is 0 Å². The summed E-state index contributed by atoms with van der Waals surface area (Å²) in [7, 11) is 0. The Morgan fingerprint density at radius 1 is 1.00 bits per heavy atom. The molecule has 6 heteroatoms. The van der Waals surface area contributed by atoms with Crippen molar-refractivity contribution in [3.05, 3.63) is 106 Å². The molecule has 0 bridgehead atoms. The number of hydrogen-bond acceptors (Lipinski definition) is 4. The van der Waals surface area contributed by atoms with E-state index < -0.39 is 4.92 Å². The van der Waals surface area contributed by atoms with E-state index in [1.54, 1.807) is 13.0 Å². The molecular formula is C24H24N2O4. The van der Waals surface area contributed by atoms with Crippen LogP contribution in [0.3, 0.4) is 0 Å². The average molecular weight is 404 g/mol. The Morgan fingerprint density at radius 3 is 2.17 bits per heavy atom. The molecule has 6 nitrogen and oxygen atoms in total. The molecule has 0 saturated carbocycles. The smallest absolute Gasteiger partial charge is 0.311 e. The molecule has 0 saturated heterocycles. The van der Waals surface area contributed by atoms with Crippen molar-refractivity contribution >= 4 is 11.6 Å². The van der Waals surface area contributed by atoms with Gasteiger partial charge in [-0.05, 0) is 36.1 Å². The lowest BCUT2D eigenvalue weighted by Crippen LogP contribution is -2.30. The molecule has 0 aromatic heterocycles. The lowest BCUT2D eigenvalue weighted by molar-refractivity contribution is -0.385. The van der Waals surface area contributed by atoms with Gasteiger partial charge in [-0.25, -0.2) is 0 Å². The summed E-state index contributed by atoms with van der Waals surface area (Å²) in [5.74, 6) is -0.0660. The molecular weight excluding hydrogens is 380 g/mol. The summed E-state index contributed by atoms with van der Waals surface area (Å²) >= 11 is 0. The number of nitrogens with zero attached hydrogens (tertiary/aromatic N) is 1. The molecule has 0 radical (unpaired) electrons. The molecule has 0 aliphatic rings. The van der Waals surface area contributed by atoms with Crippen LogP contribution in [0.25, 0.3) is 0 Å². The lowest BCUT2D eigenvalue weighted by Gasteiger charge is -2.18. The fourth-order valence-corrected chi connectivity index (χ4v) is 3.34. The molecule has 0 fully saturated rings. The van der Waals surface area contributed by atoms with E-state index in [1.165, 1.54) is 23.3 Å². The van der Waals surface area contributed by atoms with Gasteiger partial charge in [0, 0.05) is 18.5 Å². The van der Waals surface area contributed by atoms with Crippen molar-refractivity contribution in [2.75, 3.05) is 13.2 Å². The molecule has 0 aliphatic carbocycles. The predicted octanol–water partition coefficient (Wildman–Crippen LogP) is 4.62. The fraction of sp³-hybridized carbons (Fsp3) is 0.208. The summed E-state index contributed by atoms with van der Waals surface area (Å²) in [4.78, 5) is 22.9. The van der Waals surface area contributed by atoms with Crippen molar-refractivity contribution in [3.8, 4) is 5.75 Å². The van der Waals surface area contributed by atoms with Crippen LogP contribution >= 0.6 is 0 Å². The quantitative estimate of drug-likeness (QED) is 0.417. The molecule has 0 aliphatic heterocycles. The van der Waals surface area contributed by atoms with Crippen molar-refractivity contribution in [3.63, 3.8) is 0 Å². The third kappa shape index (κ3) is 5.67. The van der Waals surface area contributed by atoms with Gasteiger partial charge in [-0.2, -0.15) is 0 Å². The lowest BCUT2D eigenvalue weighted by atomic mass is 9.88. The zero-order valence-electron chi connectivity index (χ0n) is 16.8. The Kier molecular flexibility index (Phi) is 7.16. The van der Waals surface area contributed by atoms with Gasteiger partial charge in [-0.15, -0.1) is 0 Å². The summed E-state index contributed by atoms with van der Waals surface area (Å²) in [6.45, 7) is 1.96. The maximum atomic E-state index is 12.2. The fourth-order valence-electron chi connectivity index (χ4n) is 3.34. The highest BCUT2D eigenvalue weighted by Gasteiger charge is 2.17. The van der Waals surface area contributed by atoms with E-state index in [4.69, 9.17) is 4.74 Å². The molecule has 1 amide bonds. The average Bonchev–Trinajstić information content (AvgIpc) is 2.77. The van der Waals surface area contributed by atoms with Crippen molar-refractivity contribution in [1.82, 2.24) is 5.32 Å². The third-order valence-corrected chi connectivity index (χ3v) is 4.83. The molecule has 154 valence electrons. The van der Waals surface area contributed by atoms with Crippen LogP contribution in [0.15, 0.2) is 78.9 Å². The molecule has 30 heavy (non-hydrogen) atoms. The Labute approximate surface area is 175 Å². The highest BCUT2D eigenvalue weighted by atomic mass is 16.6. The number of rotatable bonds is 9. The van der Waals surface area contributed by atoms with Gasteiger partial charge in [0.2, 0.25) is 0 Å². The number of amides is 1. The molecule has 3 rings (SSSR count).